The fraction of sp³-hybridized carbons (Fsp3) is 0.600. The number of amides is 1. The van der Waals surface area contributed by atoms with E-state index in [1.807, 2.05) is 10.3 Å². The van der Waals surface area contributed by atoms with Crippen molar-refractivity contribution in [2.45, 2.75) is 19.9 Å². The molecule has 1 amide bonds. The minimum atomic E-state index is -0.0657. The Bertz CT molecular complexity index is 527. The van der Waals surface area contributed by atoms with Gasteiger partial charge in [-0.25, -0.2) is 0 Å². The van der Waals surface area contributed by atoms with Gasteiger partial charge in [-0.15, -0.1) is 11.3 Å². The molecule has 2 heterocycles. The molecule has 0 bridgehead atoms. The highest BCUT2D eigenvalue weighted by atomic mass is 32.1. The topological polar surface area (TPSA) is 56.6 Å². The first-order valence-electron chi connectivity index (χ1n) is 7.12. The number of methoxy groups -OCH3 is 1. The molecule has 2 rings (SSSR count). The van der Waals surface area contributed by atoms with E-state index in [0.717, 1.165) is 18.8 Å². The number of rotatable bonds is 4. The summed E-state index contributed by atoms with van der Waals surface area (Å²) < 4.78 is 5.12. The second-order valence-electron chi connectivity index (χ2n) is 5.50. The van der Waals surface area contributed by atoms with E-state index in [-0.39, 0.29) is 11.9 Å². The SMILES string of the molecule is COc1csc(C(=O)N2CCN([C@@H](C#N)C(C)C)CC2)c1. The van der Waals surface area contributed by atoms with E-state index in [9.17, 15) is 10.1 Å². The molecule has 114 valence electrons. The number of carbonyl (C=O) groups is 1. The lowest BCUT2D eigenvalue weighted by molar-refractivity contribution is 0.0581. The summed E-state index contributed by atoms with van der Waals surface area (Å²) in [5, 5.41) is 11.1. The van der Waals surface area contributed by atoms with Gasteiger partial charge in [0.25, 0.3) is 5.91 Å². The molecule has 0 aromatic carbocycles. The molecule has 5 nitrogen and oxygen atoms in total. The molecule has 0 saturated carbocycles. The van der Waals surface area contributed by atoms with E-state index in [4.69, 9.17) is 4.74 Å². The van der Waals surface area contributed by atoms with E-state index < -0.39 is 0 Å². The van der Waals surface area contributed by atoms with E-state index in [0.29, 0.717) is 23.9 Å². The minimum Gasteiger partial charge on any atom is -0.496 e. The predicted octanol–water partition coefficient (Wildman–Crippen LogP) is 2.06. The van der Waals surface area contributed by atoms with Crippen LogP contribution in [0.1, 0.15) is 23.5 Å². The van der Waals surface area contributed by atoms with Crippen LogP contribution in [0, 0.1) is 17.2 Å². The lowest BCUT2D eigenvalue weighted by Gasteiger charge is -2.37. The predicted molar refractivity (Wildman–Crippen MR) is 82.6 cm³/mol. The Balaban J connectivity index is 1.94. The van der Waals surface area contributed by atoms with Gasteiger partial charge in [-0.3, -0.25) is 9.69 Å². The first-order valence-corrected chi connectivity index (χ1v) is 8.00. The Morgan fingerprint density at radius 2 is 2.05 bits per heavy atom. The van der Waals surface area contributed by atoms with Crippen molar-refractivity contribution >= 4 is 17.2 Å². The molecule has 0 radical (unpaired) electrons. The summed E-state index contributed by atoms with van der Waals surface area (Å²) >= 11 is 1.41. The maximum Gasteiger partial charge on any atom is 0.264 e. The zero-order valence-corrected chi connectivity index (χ0v) is 13.5. The zero-order valence-electron chi connectivity index (χ0n) is 12.7. The second-order valence-corrected chi connectivity index (χ2v) is 6.41. The molecule has 1 aliphatic rings. The number of nitrogens with zero attached hydrogens (tertiary/aromatic N) is 3. The standard InChI is InChI=1S/C15H21N3O2S/c1-11(2)13(9-16)17-4-6-18(7-5-17)15(19)14-8-12(20-3)10-21-14/h8,10-11,13H,4-7H2,1-3H3/t13-/m0/s1. The Hall–Kier alpha value is -1.58. The normalized spacial score (nSPS) is 17.6. The Kier molecular flexibility index (Phi) is 5.21. The van der Waals surface area contributed by atoms with Crippen LogP contribution in [0.25, 0.3) is 0 Å². The fourth-order valence-corrected chi connectivity index (χ4v) is 3.37. The Labute approximate surface area is 129 Å². The number of piperazine rings is 1. The van der Waals surface area contributed by atoms with Crippen molar-refractivity contribution in [1.29, 1.82) is 5.26 Å². The van der Waals surface area contributed by atoms with Crippen LogP contribution in [-0.4, -0.2) is 55.0 Å². The molecule has 0 unspecified atom stereocenters. The van der Waals surface area contributed by atoms with Gasteiger partial charge in [0.15, 0.2) is 0 Å². The van der Waals surface area contributed by atoms with Crippen LogP contribution in [0.5, 0.6) is 5.75 Å². The third kappa shape index (κ3) is 3.55. The molecule has 0 aliphatic carbocycles. The van der Waals surface area contributed by atoms with E-state index in [1.54, 1.807) is 13.2 Å². The molecule has 1 fully saturated rings. The third-order valence-corrected chi connectivity index (χ3v) is 4.68. The van der Waals surface area contributed by atoms with Crippen LogP contribution in [0.3, 0.4) is 0 Å². The number of hydrogen-bond acceptors (Lipinski definition) is 5. The van der Waals surface area contributed by atoms with Gasteiger partial charge in [0.1, 0.15) is 11.8 Å². The van der Waals surface area contributed by atoms with Crippen LogP contribution in [-0.2, 0) is 0 Å². The summed E-state index contributed by atoms with van der Waals surface area (Å²) in [6.45, 7) is 6.97. The molecule has 1 atom stereocenters. The average Bonchev–Trinajstić information content (AvgIpc) is 2.96. The largest absolute Gasteiger partial charge is 0.496 e. The van der Waals surface area contributed by atoms with E-state index in [1.165, 1.54) is 11.3 Å². The smallest absolute Gasteiger partial charge is 0.264 e. The average molecular weight is 307 g/mol. The number of carbonyl (C=O) groups excluding carboxylic acids is 1. The molecule has 0 spiro atoms. The van der Waals surface area contributed by atoms with Gasteiger partial charge >= 0.3 is 0 Å². The van der Waals surface area contributed by atoms with Crippen LogP contribution in [0.2, 0.25) is 0 Å². The summed E-state index contributed by atoms with van der Waals surface area (Å²) in [5.74, 6) is 1.09. The van der Waals surface area contributed by atoms with Crippen LogP contribution < -0.4 is 4.74 Å². The Morgan fingerprint density at radius 1 is 1.38 bits per heavy atom. The fourth-order valence-electron chi connectivity index (χ4n) is 2.55. The van der Waals surface area contributed by atoms with Crippen molar-refractivity contribution in [2.24, 2.45) is 5.92 Å². The summed E-state index contributed by atoms with van der Waals surface area (Å²) in [7, 11) is 1.60. The first kappa shape index (κ1) is 15.8. The maximum atomic E-state index is 12.4. The van der Waals surface area contributed by atoms with Crippen LogP contribution in [0.4, 0.5) is 0 Å². The summed E-state index contributed by atoms with van der Waals surface area (Å²) in [5.41, 5.74) is 0. The maximum absolute atomic E-state index is 12.4. The van der Waals surface area contributed by atoms with E-state index in [2.05, 4.69) is 24.8 Å². The summed E-state index contributed by atoms with van der Waals surface area (Å²) in [6.07, 6.45) is 0. The minimum absolute atomic E-state index is 0.0565. The van der Waals surface area contributed by atoms with Crippen molar-refractivity contribution in [3.8, 4) is 11.8 Å². The number of ether oxygens (including phenoxy) is 1. The highest BCUT2D eigenvalue weighted by Gasteiger charge is 2.28. The van der Waals surface area contributed by atoms with Gasteiger partial charge < -0.3 is 9.64 Å². The molecule has 0 N–H and O–H groups in total. The third-order valence-electron chi connectivity index (χ3n) is 3.78. The molecule has 6 heteroatoms. The molecule has 21 heavy (non-hydrogen) atoms. The van der Waals surface area contributed by atoms with Gasteiger partial charge in [0, 0.05) is 37.6 Å². The van der Waals surface area contributed by atoms with Crippen molar-refractivity contribution in [3.05, 3.63) is 16.3 Å². The van der Waals surface area contributed by atoms with Gasteiger partial charge in [-0.05, 0) is 5.92 Å². The van der Waals surface area contributed by atoms with Crippen LogP contribution in [0.15, 0.2) is 11.4 Å². The monoisotopic (exact) mass is 307 g/mol. The molecular weight excluding hydrogens is 286 g/mol. The first-order chi connectivity index (χ1) is 10.1. The quantitative estimate of drug-likeness (QED) is 0.854. The number of thiophene rings is 1. The highest BCUT2D eigenvalue weighted by molar-refractivity contribution is 7.12. The lowest BCUT2D eigenvalue weighted by Crippen LogP contribution is -2.52. The van der Waals surface area contributed by atoms with Crippen molar-refractivity contribution in [1.82, 2.24) is 9.80 Å². The summed E-state index contributed by atoms with van der Waals surface area (Å²) in [4.78, 5) is 17.1. The van der Waals surface area contributed by atoms with Crippen molar-refractivity contribution in [2.75, 3.05) is 33.3 Å². The molecule has 1 aromatic heterocycles. The van der Waals surface area contributed by atoms with Crippen molar-refractivity contribution < 1.29 is 9.53 Å². The molecular formula is C15H21N3O2S. The molecule has 1 saturated heterocycles. The molecule has 1 aromatic rings. The van der Waals surface area contributed by atoms with Crippen LogP contribution >= 0.6 is 11.3 Å². The second kappa shape index (κ2) is 6.92. The highest BCUT2D eigenvalue weighted by Crippen LogP contribution is 2.23. The molecule has 1 aliphatic heterocycles. The van der Waals surface area contributed by atoms with Gasteiger partial charge in [0.2, 0.25) is 0 Å². The van der Waals surface area contributed by atoms with E-state index >= 15 is 0 Å². The number of nitriles is 1. The summed E-state index contributed by atoms with van der Waals surface area (Å²) in [6, 6.07) is 4.08. The van der Waals surface area contributed by atoms with Crippen molar-refractivity contribution in [3.63, 3.8) is 0 Å². The number of hydrogen-bond donors (Lipinski definition) is 0. The van der Waals surface area contributed by atoms with Gasteiger partial charge in [0.05, 0.1) is 18.1 Å². The Morgan fingerprint density at radius 3 is 2.52 bits per heavy atom. The zero-order chi connectivity index (χ0) is 15.4. The van der Waals surface area contributed by atoms with Gasteiger partial charge in [-0.2, -0.15) is 5.26 Å². The lowest BCUT2D eigenvalue weighted by atomic mass is 10.0. The van der Waals surface area contributed by atoms with Gasteiger partial charge in [-0.1, -0.05) is 13.8 Å².